The standard InChI is InChI=1S/C81H49N7S/c1-6-20-50(21-7-1)79-82-80(51-22-8-2-9-23-51)84-81(83-79)88-72-41-35-53(45-64(72)66-49-73-65(48-74(66)88)60-31-17-18-32-69(60)85(73)56-24-10-3-11-25-56)55-37-43-76-68(47-55)67-46-54(36-42-75(67)89-76)52-34-40-71-63(44-52)62-39-38-61-59-30-16-19-33-70(59)86(57-26-12-4-13-27-57)77(61)78(62)87(71)58-28-14-5-15-29-58/h1-49H. The zero-order chi connectivity index (χ0) is 58.3. The average molecular weight is 1150 g/mol. The molecule has 0 fully saturated rings. The van der Waals surface area contributed by atoms with E-state index in [1.54, 1.807) is 0 Å². The number of hydrogen-bond donors (Lipinski definition) is 0. The highest BCUT2D eigenvalue weighted by atomic mass is 32.1. The fraction of sp³-hybridized carbons (Fsp3) is 0. The fourth-order valence-electron chi connectivity index (χ4n) is 14.2. The summed E-state index contributed by atoms with van der Waals surface area (Å²) < 4.78 is 12.1. The molecular weight excluding hydrogens is 1100 g/mol. The minimum Gasteiger partial charge on any atom is -0.309 e. The maximum absolute atomic E-state index is 5.34. The summed E-state index contributed by atoms with van der Waals surface area (Å²) in [4.78, 5) is 15.8. The first-order valence-electron chi connectivity index (χ1n) is 30.2. The van der Waals surface area contributed by atoms with Gasteiger partial charge in [0, 0.05) is 91.5 Å². The minimum atomic E-state index is 0.559. The lowest BCUT2D eigenvalue weighted by Gasteiger charge is -2.12. The maximum atomic E-state index is 5.34. The van der Waals surface area contributed by atoms with Crippen LogP contribution in [0.25, 0.3) is 175 Å². The van der Waals surface area contributed by atoms with Crippen LogP contribution in [-0.4, -0.2) is 33.2 Å². The van der Waals surface area contributed by atoms with Crippen molar-refractivity contribution in [2.75, 3.05) is 0 Å². The molecule has 0 bridgehead atoms. The van der Waals surface area contributed by atoms with E-state index in [1.165, 1.54) is 80.3 Å². The number of thiophene rings is 1. The van der Waals surface area contributed by atoms with Crippen molar-refractivity contribution < 1.29 is 0 Å². The van der Waals surface area contributed by atoms with E-state index in [4.69, 9.17) is 15.0 Å². The van der Waals surface area contributed by atoms with Crippen LogP contribution in [0.5, 0.6) is 0 Å². The Balaban J connectivity index is 0.794. The van der Waals surface area contributed by atoms with Gasteiger partial charge in [0.15, 0.2) is 11.6 Å². The van der Waals surface area contributed by atoms with E-state index in [0.717, 1.165) is 77.5 Å². The van der Waals surface area contributed by atoms with Crippen LogP contribution in [0.15, 0.2) is 297 Å². The number of nitrogens with zero attached hydrogens (tertiary/aromatic N) is 7. The van der Waals surface area contributed by atoms with Gasteiger partial charge in [-0.15, -0.1) is 11.3 Å². The Kier molecular flexibility index (Phi) is 10.8. The van der Waals surface area contributed by atoms with Gasteiger partial charge in [0.05, 0.1) is 44.1 Å². The molecule has 7 nitrogen and oxygen atoms in total. The van der Waals surface area contributed by atoms with Gasteiger partial charge in [-0.2, -0.15) is 9.97 Å². The molecule has 0 saturated heterocycles. The Bertz CT molecular complexity index is 6020. The lowest BCUT2D eigenvalue weighted by Crippen LogP contribution is -2.06. The zero-order valence-corrected chi connectivity index (χ0v) is 48.6. The Morgan fingerprint density at radius 3 is 1.08 bits per heavy atom. The van der Waals surface area contributed by atoms with Crippen molar-refractivity contribution in [3.05, 3.63) is 297 Å². The van der Waals surface area contributed by atoms with Crippen LogP contribution < -0.4 is 0 Å². The third kappa shape index (κ3) is 7.61. The summed E-state index contributed by atoms with van der Waals surface area (Å²) in [6, 6.07) is 108. The largest absolute Gasteiger partial charge is 0.309 e. The molecule has 6 heterocycles. The van der Waals surface area contributed by atoms with E-state index in [-0.39, 0.29) is 0 Å². The van der Waals surface area contributed by atoms with Gasteiger partial charge in [-0.1, -0.05) is 188 Å². The highest BCUT2D eigenvalue weighted by Crippen LogP contribution is 2.46. The first kappa shape index (κ1) is 49.5. The van der Waals surface area contributed by atoms with Crippen LogP contribution >= 0.6 is 11.3 Å². The normalized spacial score (nSPS) is 12.0. The van der Waals surface area contributed by atoms with Crippen molar-refractivity contribution in [1.82, 2.24) is 33.2 Å². The van der Waals surface area contributed by atoms with Crippen LogP contribution in [0.3, 0.4) is 0 Å². The molecule has 13 aromatic carbocycles. The summed E-state index contributed by atoms with van der Waals surface area (Å²) in [6.07, 6.45) is 0. The van der Waals surface area contributed by atoms with E-state index in [0.29, 0.717) is 17.6 Å². The number of benzene rings is 13. The predicted molar refractivity (Wildman–Crippen MR) is 372 cm³/mol. The number of para-hydroxylation sites is 5. The number of rotatable bonds is 8. The van der Waals surface area contributed by atoms with Gasteiger partial charge in [0.2, 0.25) is 5.95 Å². The molecule has 8 heteroatoms. The summed E-state index contributed by atoms with van der Waals surface area (Å²) in [6.45, 7) is 0. The lowest BCUT2D eigenvalue weighted by atomic mass is 9.98. The quantitative estimate of drug-likeness (QED) is 0.152. The molecule has 0 atom stereocenters. The average Bonchev–Trinajstić information content (AvgIpc) is 1.58. The molecule has 0 aliphatic heterocycles. The van der Waals surface area contributed by atoms with Crippen molar-refractivity contribution in [2.45, 2.75) is 0 Å². The molecule has 6 aromatic heterocycles. The van der Waals surface area contributed by atoms with Gasteiger partial charge >= 0.3 is 0 Å². The minimum absolute atomic E-state index is 0.559. The highest BCUT2D eigenvalue weighted by molar-refractivity contribution is 7.25. The Hall–Kier alpha value is -11.7. The molecule has 89 heavy (non-hydrogen) atoms. The molecule has 19 aromatic rings. The summed E-state index contributed by atoms with van der Waals surface area (Å²) >= 11 is 1.85. The van der Waals surface area contributed by atoms with Crippen LogP contribution in [0.2, 0.25) is 0 Å². The van der Waals surface area contributed by atoms with Gasteiger partial charge in [0.1, 0.15) is 0 Å². The molecular formula is C81H49N7S. The van der Waals surface area contributed by atoms with Crippen molar-refractivity contribution in [2.24, 2.45) is 0 Å². The molecule has 0 aliphatic rings. The van der Waals surface area contributed by atoms with Crippen LogP contribution in [-0.2, 0) is 0 Å². The second kappa shape index (κ2) is 19.4. The first-order chi connectivity index (χ1) is 44.1. The van der Waals surface area contributed by atoms with Crippen LogP contribution in [0.1, 0.15) is 0 Å². The van der Waals surface area contributed by atoms with E-state index in [1.807, 2.05) is 47.7 Å². The molecule has 0 amide bonds. The monoisotopic (exact) mass is 1150 g/mol. The number of fused-ring (bicyclic) bond motifs is 16. The predicted octanol–water partition coefficient (Wildman–Crippen LogP) is 21.3. The van der Waals surface area contributed by atoms with Crippen LogP contribution in [0.4, 0.5) is 0 Å². The Labute approximate surface area is 514 Å². The van der Waals surface area contributed by atoms with E-state index < -0.39 is 0 Å². The van der Waals surface area contributed by atoms with Crippen molar-refractivity contribution in [1.29, 1.82) is 0 Å². The molecule has 0 radical (unpaired) electrons. The van der Waals surface area contributed by atoms with Gasteiger partial charge in [-0.05, 0) is 131 Å². The molecule has 0 saturated carbocycles. The smallest absolute Gasteiger partial charge is 0.238 e. The molecule has 0 aliphatic carbocycles. The Morgan fingerprint density at radius 2 is 0.562 bits per heavy atom. The lowest BCUT2D eigenvalue weighted by molar-refractivity contribution is 0.954. The van der Waals surface area contributed by atoms with E-state index in [9.17, 15) is 0 Å². The number of hydrogen-bond acceptors (Lipinski definition) is 4. The number of aromatic nitrogens is 7. The SMILES string of the molecule is c1ccc(-c2nc(-c3ccccc3)nc(-n3c4ccc(-c5ccc6sc7ccc(-c8ccc9c(c8)c8ccc%10c%11ccccc%11n(-c%11ccccc%11)c%10c8n9-c8ccccc8)cc7c6c5)cc4c4cc5c(cc43)c3ccccc3n5-c3ccccc3)n2)cc1. The maximum Gasteiger partial charge on any atom is 0.238 e. The Morgan fingerprint density at radius 1 is 0.213 bits per heavy atom. The summed E-state index contributed by atoms with van der Waals surface area (Å²) in [5.74, 6) is 1.79. The van der Waals surface area contributed by atoms with Gasteiger partial charge in [-0.3, -0.25) is 4.57 Å². The summed E-state index contributed by atoms with van der Waals surface area (Å²) in [5.41, 5.74) is 18.9. The second-order valence-electron chi connectivity index (χ2n) is 23.1. The molecule has 19 rings (SSSR count). The van der Waals surface area contributed by atoms with E-state index >= 15 is 0 Å². The van der Waals surface area contributed by atoms with Crippen molar-refractivity contribution in [3.63, 3.8) is 0 Å². The van der Waals surface area contributed by atoms with Gasteiger partial charge < -0.3 is 13.7 Å². The van der Waals surface area contributed by atoms with Gasteiger partial charge in [0.25, 0.3) is 0 Å². The third-order valence-electron chi connectivity index (χ3n) is 18.2. The molecule has 414 valence electrons. The van der Waals surface area contributed by atoms with Crippen molar-refractivity contribution in [3.8, 4) is 68.0 Å². The topological polar surface area (TPSA) is 58.4 Å². The fourth-order valence-corrected chi connectivity index (χ4v) is 15.3. The molecule has 0 unspecified atom stereocenters. The third-order valence-corrected chi connectivity index (χ3v) is 19.3. The summed E-state index contributed by atoms with van der Waals surface area (Å²) in [7, 11) is 0. The summed E-state index contributed by atoms with van der Waals surface area (Å²) in [5, 5.41) is 11.9. The van der Waals surface area contributed by atoms with E-state index in [2.05, 4.69) is 279 Å². The molecule has 0 N–H and O–H groups in total. The molecule has 0 spiro atoms. The van der Waals surface area contributed by atoms with Crippen LogP contribution in [0, 0.1) is 0 Å². The van der Waals surface area contributed by atoms with Gasteiger partial charge in [-0.25, -0.2) is 4.98 Å². The first-order valence-corrected chi connectivity index (χ1v) is 31.0. The second-order valence-corrected chi connectivity index (χ2v) is 24.2. The zero-order valence-electron chi connectivity index (χ0n) is 47.8. The van der Waals surface area contributed by atoms with Crippen molar-refractivity contribution >= 4 is 119 Å². The highest BCUT2D eigenvalue weighted by Gasteiger charge is 2.25.